The number of benzene rings is 1. The fourth-order valence-corrected chi connectivity index (χ4v) is 1.41. The van der Waals surface area contributed by atoms with Gasteiger partial charge in [0.25, 0.3) is 0 Å². The van der Waals surface area contributed by atoms with Crippen molar-refractivity contribution in [2.75, 3.05) is 13.7 Å². The Morgan fingerprint density at radius 1 is 1.53 bits per heavy atom. The molecule has 1 unspecified atom stereocenters. The van der Waals surface area contributed by atoms with E-state index in [1.165, 1.54) is 25.3 Å². The minimum Gasteiger partial charge on any atom is -0.485 e. The van der Waals surface area contributed by atoms with Crippen molar-refractivity contribution in [2.24, 2.45) is 0 Å². The zero-order chi connectivity index (χ0) is 12.8. The predicted octanol–water partition coefficient (Wildman–Crippen LogP) is 1.91. The fraction of sp³-hybridized carbons (Fsp3) is 0.300. The molecule has 0 N–H and O–H groups in total. The molecular formula is C10H10BrNO5. The third-order valence-corrected chi connectivity index (χ3v) is 2.54. The van der Waals surface area contributed by atoms with Crippen LogP contribution in [0.25, 0.3) is 0 Å². The van der Waals surface area contributed by atoms with E-state index in [1.807, 2.05) is 0 Å². The summed E-state index contributed by atoms with van der Waals surface area (Å²) in [5.41, 5.74) is -0.142. The fourth-order valence-electron chi connectivity index (χ4n) is 1.09. The highest BCUT2D eigenvalue weighted by Gasteiger charge is 2.19. The first-order valence-electron chi connectivity index (χ1n) is 4.64. The summed E-state index contributed by atoms with van der Waals surface area (Å²) in [4.78, 5) is 20.5. The normalized spacial score (nSPS) is 11.6. The van der Waals surface area contributed by atoms with Gasteiger partial charge in [0, 0.05) is 6.07 Å². The number of para-hydroxylation sites is 2. The van der Waals surface area contributed by atoms with Crippen molar-refractivity contribution in [3.63, 3.8) is 0 Å². The van der Waals surface area contributed by atoms with E-state index in [4.69, 9.17) is 4.74 Å². The number of carbonyl (C=O) groups excluding carboxylic acids is 1. The predicted molar refractivity (Wildman–Crippen MR) is 63.3 cm³/mol. The van der Waals surface area contributed by atoms with Gasteiger partial charge in [0.05, 0.1) is 12.0 Å². The molecule has 1 aromatic carbocycles. The molecule has 17 heavy (non-hydrogen) atoms. The molecule has 0 aliphatic heterocycles. The van der Waals surface area contributed by atoms with Crippen molar-refractivity contribution < 1.29 is 19.2 Å². The van der Waals surface area contributed by atoms with Crippen molar-refractivity contribution >= 4 is 27.6 Å². The van der Waals surface area contributed by atoms with Crippen molar-refractivity contribution in [3.8, 4) is 5.75 Å². The average molecular weight is 304 g/mol. The lowest BCUT2D eigenvalue weighted by Crippen LogP contribution is -2.23. The van der Waals surface area contributed by atoms with Gasteiger partial charge in [-0.25, -0.2) is 0 Å². The third-order valence-electron chi connectivity index (χ3n) is 1.90. The number of nitro benzene ring substituents is 1. The molecule has 0 spiro atoms. The number of methoxy groups -OCH3 is 1. The Morgan fingerprint density at radius 2 is 2.18 bits per heavy atom. The Labute approximate surface area is 106 Å². The van der Waals surface area contributed by atoms with Crippen LogP contribution in [0.2, 0.25) is 0 Å². The number of rotatable bonds is 5. The number of ether oxygens (including phenoxy) is 2. The van der Waals surface area contributed by atoms with E-state index in [2.05, 4.69) is 20.7 Å². The SMILES string of the molecule is COC(=O)C(Br)COc1ccccc1[N+](=O)[O-]. The second kappa shape index (κ2) is 6.19. The average Bonchev–Trinajstić information content (AvgIpc) is 2.35. The maximum Gasteiger partial charge on any atom is 0.322 e. The van der Waals surface area contributed by atoms with Crippen LogP contribution in [0.3, 0.4) is 0 Å². The van der Waals surface area contributed by atoms with Crippen molar-refractivity contribution in [3.05, 3.63) is 34.4 Å². The molecule has 0 radical (unpaired) electrons. The molecule has 0 saturated carbocycles. The van der Waals surface area contributed by atoms with Crippen molar-refractivity contribution in [1.82, 2.24) is 0 Å². The number of nitrogens with zero attached hydrogens (tertiary/aromatic N) is 1. The van der Waals surface area contributed by atoms with Crippen LogP contribution in [0, 0.1) is 10.1 Å². The van der Waals surface area contributed by atoms with E-state index >= 15 is 0 Å². The van der Waals surface area contributed by atoms with Crippen molar-refractivity contribution in [1.29, 1.82) is 0 Å². The van der Waals surface area contributed by atoms with Crippen molar-refractivity contribution in [2.45, 2.75) is 4.83 Å². The van der Waals surface area contributed by atoms with E-state index in [1.54, 1.807) is 6.07 Å². The lowest BCUT2D eigenvalue weighted by molar-refractivity contribution is -0.385. The van der Waals surface area contributed by atoms with Gasteiger partial charge in [0.1, 0.15) is 11.4 Å². The first-order valence-corrected chi connectivity index (χ1v) is 5.56. The summed E-state index contributed by atoms with van der Waals surface area (Å²) >= 11 is 3.05. The molecular weight excluding hydrogens is 294 g/mol. The Hall–Kier alpha value is -1.63. The lowest BCUT2D eigenvalue weighted by atomic mass is 10.3. The van der Waals surface area contributed by atoms with Gasteiger partial charge < -0.3 is 9.47 Å². The maximum atomic E-state index is 11.1. The lowest BCUT2D eigenvalue weighted by Gasteiger charge is -2.09. The largest absolute Gasteiger partial charge is 0.485 e. The van der Waals surface area contributed by atoms with Crippen LogP contribution >= 0.6 is 15.9 Å². The molecule has 1 rings (SSSR count). The summed E-state index contributed by atoms with van der Waals surface area (Å²) in [6, 6.07) is 5.95. The molecule has 0 saturated heterocycles. The Bertz CT molecular complexity index is 423. The van der Waals surface area contributed by atoms with Crippen LogP contribution < -0.4 is 4.74 Å². The highest BCUT2D eigenvalue weighted by molar-refractivity contribution is 9.10. The van der Waals surface area contributed by atoms with E-state index in [0.717, 1.165) is 0 Å². The van der Waals surface area contributed by atoms with Gasteiger partial charge in [-0.2, -0.15) is 0 Å². The summed E-state index contributed by atoms with van der Waals surface area (Å²) in [5, 5.41) is 10.7. The number of nitro groups is 1. The smallest absolute Gasteiger partial charge is 0.322 e. The zero-order valence-corrected chi connectivity index (χ0v) is 10.5. The Kier molecular flexibility index (Phi) is 4.89. The second-order valence-electron chi connectivity index (χ2n) is 3.03. The molecule has 6 nitrogen and oxygen atoms in total. The molecule has 0 aliphatic carbocycles. The number of carbonyl (C=O) groups is 1. The Morgan fingerprint density at radius 3 is 2.76 bits per heavy atom. The molecule has 1 atom stereocenters. The van der Waals surface area contributed by atoms with E-state index < -0.39 is 15.7 Å². The van der Waals surface area contributed by atoms with Gasteiger partial charge in [0.15, 0.2) is 5.75 Å². The third kappa shape index (κ3) is 3.70. The number of hydrogen-bond acceptors (Lipinski definition) is 5. The molecule has 0 fully saturated rings. The van der Waals surface area contributed by atoms with Crippen LogP contribution in [-0.4, -0.2) is 29.4 Å². The summed E-state index contributed by atoms with van der Waals surface area (Å²) in [6.45, 7) is -0.0441. The Balaban J connectivity index is 2.69. The molecule has 92 valence electrons. The first-order chi connectivity index (χ1) is 8.06. The maximum absolute atomic E-state index is 11.1. The van der Waals surface area contributed by atoms with Crippen LogP contribution in [0.1, 0.15) is 0 Å². The summed E-state index contributed by atoms with van der Waals surface area (Å²) in [7, 11) is 1.25. The molecule has 1 aromatic rings. The van der Waals surface area contributed by atoms with E-state index in [0.29, 0.717) is 0 Å². The summed E-state index contributed by atoms with van der Waals surface area (Å²) < 4.78 is 9.67. The number of halogens is 1. The molecule has 7 heteroatoms. The number of hydrogen-bond donors (Lipinski definition) is 0. The summed E-state index contributed by atoms with van der Waals surface area (Å²) in [6.07, 6.45) is 0. The van der Waals surface area contributed by atoms with Crippen LogP contribution in [0.5, 0.6) is 5.75 Å². The van der Waals surface area contributed by atoms with Crippen LogP contribution in [0.4, 0.5) is 5.69 Å². The molecule has 0 aromatic heterocycles. The van der Waals surface area contributed by atoms with Gasteiger partial charge in [0.2, 0.25) is 0 Å². The molecule has 0 bridgehead atoms. The first kappa shape index (κ1) is 13.4. The molecule has 0 aliphatic rings. The van der Waals surface area contributed by atoms with Crippen LogP contribution in [-0.2, 0) is 9.53 Å². The minimum atomic E-state index is -0.660. The highest BCUT2D eigenvalue weighted by atomic mass is 79.9. The number of alkyl halides is 1. The topological polar surface area (TPSA) is 78.7 Å². The number of esters is 1. The second-order valence-corrected chi connectivity index (χ2v) is 4.13. The van der Waals surface area contributed by atoms with Gasteiger partial charge in [-0.1, -0.05) is 28.1 Å². The zero-order valence-electron chi connectivity index (χ0n) is 8.96. The van der Waals surface area contributed by atoms with E-state index in [-0.39, 0.29) is 18.0 Å². The molecule has 0 heterocycles. The van der Waals surface area contributed by atoms with Gasteiger partial charge in [-0.15, -0.1) is 0 Å². The monoisotopic (exact) mass is 303 g/mol. The van der Waals surface area contributed by atoms with Gasteiger partial charge in [-0.3, -0.25) is 14.9 Å². The van der Waals surface area contributed by atoms with Gasteiger partial charge >= 0.3 is 11.7 Å². The van der Waals surface area contributed by atoms with Gasteiger partial charge in [-0.05, 0) is 6.07 Å². The standard InChI is InChI=1S/C10H10BrNO5/c1-16-10(13)7(11)6-17-9-5-3-2-4-8(9)12(14)15/h2-5,7H,6H2,1H3. The summed E-state index contributed by atoms with van der Waals surface area (Å²) in [5.74, 6) is -0.380. The van der Waals surface area contributed by atoms with Crippen LogP contribution in [0.15, 0.2) is 24.3 Å². The molecule has 0 amide bonds. The van der Waals surface area contributed by atoms with E-state index in [9.17, 15) is 14.9 Å². The minimum absolute atomic E-state index is 0.0441. The highest BCUT2D eigenvalue weighted by Crippen LogP contribution is 2.26. The quantitative estimate of drug-likeness (QED) is 0.359.